The summed E-state index contributed by atoms with van der Waals surface area (Å²) in [5.74, 6) is 2.23. The van der Waals surface area contributed by atoms with Crippen molar-refractivity contribution in [2.45, 2.75) is 19.6 Å². The van der Waals surface area contributed by atoms with Crippen LogP contribution in [0.3, 0.4) is 0 Å². The summed E-state index contributed by atoms with van der Waals surface area (Å²) in [6, 6.07) is 9.33. The van der Waals surface area contributed by atoms with Crippen LogP contribution in [0.2, 0.25) is 0 Å². The Labute approximate surface area is 113 Å². The minimum Gasteiger partial charge on any atom is -0.496 e. The number of nitrogens with two attached hydrogens (primary N) is 1. The van der Waals surface area contributed by atoms with Crippen molar-refractivity contribution in [2.24, 2.45) is 5.73 Å². The van der Waals surface area contributed by atoms with Gasteiger partial charge in [0.1, 0.15) is 23.9 Å². The van der Waals surface area contributed by atoms with E-state index in [0.29, 0.717) is 12.4 Å². The van der Waals surface area contributed by atoms with Crippen molar-refractivity contribution < 1.29 is 13.9 Å². The molecule has 0 fully saturated rings. The van der Waals surface area contributed by atoms with Crippen LogP contribution in [-0.4, -0.2) is 14.2 Å². The molecule has 4 heteroatoms. The first-order chi connectivity index (χ1) is 9.15. The van der Waals surface area contributed by atoms with Gasteiger partial charge in [-0.15, -0.1) is 0 Å². The number of aryl methyl sites for hydroxylation is 1. The molecule has 0 aliphatic rings. The molecule has 0 aliphatic heterocycles. The molecule has 1 heterocycles. The van der Waals surface area contributed by atoms with E-state index in [-0.39, 0.29) is 6.04 Å². The summed E-state index contributed by atoms with van der Waals surface area (Å²) in [6.07, 6.45) is 0. The summed E-state index contributed by atoms with van der Waals surface area (Å²) < 4.78 is 16.1. The predicted molar refractivity (Wildman–Crippen MR) is 73.2 cm³/mol. The molecule has 19 heavy (non-hydrogen) atoms. The zero-order valence-corrected chi connectivity index (χ0v) is 11.5. The largest absolute Gasteiger partial charge is 0.496 e. The molecule has 1 aromatic carbocycles. The first-order valence-electron chi connectivity index (χ1n) is 6.13. The average Bonchev–Trinajstić information content (AvgIpc) is 2.87. The van der Waals surface area contributed by atoms with Crippen LogP contribution in [0.15, 0.2) is 34.7 Å². The van der Waals surface area contributed by atoms with Crippen LogP contribution in [0.1, 0.15) is 28.7 Å². The van der Waals surface area contributed by atoms with Gasteiger partial charge in [0.15, 0.2) is 0 Å². The van der Waals surface area contributed by atoms with Crippen molar-refractivity contribution in [1.29, 1.82) is 0 Å². The second-order valence-electron chi connectivity index (χ2n) is 4.46. The monoisotopic (exact) mass is 261 g/mol. The van der Waals surface area contributed by atoms with E-state index in [1.807, 2.05) is 37.3 Å². The number of hydrogen-bond donors (Lipinski definition) is 1. The van der Waals surface area contributed by atoms with Crippen molar-refractivity contribution in [3.8, 4) is 5.75 Å². The van der Waals surface area contributed by atoms with Crippen molar-refractivity contribution >= 4 is 0 Å². The van der Waals surface area contributed by atoms with Gasteiger partial charge in [0, 0.05) is 12.7 Å². The van der Waals surface area contributed by atoms with E-state index in [0.717, 1.165) is 22.6 Å². The molecule has 0 aliphatic carbocycles. The topological polar surface area (TPSA) is 57.6 Å². The van der Waals surface area contributed by atoms with Gasteiger partial charge in [-0.25, -0.2) is 0 Å². The predicted octanol–water partition coefficient (Wildman–Crippen LogP) is 2.79. The van der Waals surface area contributed by atoms with Gasteiger partial charge in [0.25, 0.3) is 0 Å². The van der Waals surface area contributed by atoms with Gasteiger partial charge in [-0.05, 0) is 25.1 Å². The minimum atomic E-state index is -0.347. The highest BCUT2D eigenvalue weighted by atomic mass is 16.5. The Morgan fingerprint density at radius 3 is 2.68 bits per heavy atom. The smallest absolute Gasteiger partial charge is 0.129 e. The normalized spacial score (nSPS) is 12.4. The molecule has 102 valence electrons. The molecule has 0 spiro atoms. The fourth-order valence-electron chi connectivity index (χ4n) is 2.03. The Kier molecular flexibility index (Phi) is 4.24. The summed E-state index contributed by atoms with van der Waals surface area (Å²) in [4.78, 5) is 0. The van der Waals surface area contributed by atoms with Gasteiger partial charge < -0.3 is 19.6 Å². The van der Waals surface area contributed by atoms with Crippen LogP contribution >= 0.6 is 0 Å². The highest BCUT2D eigenvalue weighted by Gasteiger charge is 2.17. The number of rotatable bonds is 5. The Balaban J connectivity index is 2.31. The molecule has 0 saturated heterocycles. The first kappa shape index (κ1) is 13.6. The SMILES string of the molecule is COCc1ccc(C(N)c2cc(C)ccc2OC)o1. The standard InChI is InChI=1S/C15H19NO3/c1-10-4-6-13(18-3)12(8-10)15(16)14-7-5-11(19-14)9-17-2/h4-8,15H,9,16H2,1-3H3. The van der Waals surface area contributed by atoms with Crippen LogP contribution in [0.25, 0.3) is 0 Å². The fraction of sp³-hybridized carbons (Fsp3) is 0.333. The molecule has 0 amide bonds. The van der Waals surface area contributed by atoms with E-state index < -0.39 is 0 Å². The summed E-state index contributed by atoms with van der Waals surface area (Å²) >= 11 is 0. The van der Waals surface area contributed by atoms with Crippen LogP contribution < -0.4 is 10.5 Å². The van der Waals surface area contributed by atoms with Crippen molar-refractivity contribution in [3.05, 3.63) is 53.0 Å². The third-order valence-corrected chi connectivity index (χ3v) is 3.00. The molecule has 1 aromatic heterocycles. The minimum absolute atomic E-state index is 0.347. The summed E-state index contributed by atoms with van der Waals surface area (Å²) in [5, 5.41) is 0. The number of methoxy groups -OCH3 is 2. The maximum atomic E-state index is 6.26. The molecule has 2 aromatic rings. The highest BCUT2D eigenvalue weighted by Crippen LogP contribution is 2.30. The molecule has 2 rings (SSSR count). The summed E-state index contributed by atoms with van der Waals surface area (Å²) in [6.45, 7) is 2.46. The van der Waals surface area contributed by atoms with Crippen LogP contribution in [0.4, 0.5) is 0 Å². The second-order valence-corrected chi connectivity index (χ2v) is 4.46. The average molecular weight is 261 g/mol. The molecule has 2 N–H and O–H groups in total. The lowest BCUT2D eigenvalue weighted by molar-refractivity contribution is 0.162. The first-order valence-corrected chi connectivity index (χ1v) is 6.13. The maximum absolute atomic E-state index is 6.26. The fourth-order valence-corrected chi connectivity index (χ4v) is 2.03. The van der Waals surface area contributed by atoms with E-state index in [1.165, 1.54) is 0 Å². The van der Waals surface area contributed by atoms with Gasteiger partial charge in [0.2, 0.25) is 0 Å². The molecule has 4 nitrogen and oxygen atoms in total. The van der Waals surface area contributed by atoms with Crippen molar-refractivity contribution in [1.82, 2.24) is 0 Å². The molecule has 0 bridgehead atoms. The highest BCUT2D eigenvalue weighted by molar-refractivity contribution is 5.41. The molecule has 0 saturated carbocycles. The van der Waals surface area contributed by atoms with Crippen LogP contribution in [-0.2, 0) is 11.3 Å². The van der Waals surface area contributed by atoms with Gasteiger partial charge in [-0.3, -0.25) is 0 Å². The van der Waals surface area contributed by atoms with E-state index in [2.05, 4.69) is 0 Å². The number of furan rings is 1. The van der Waals surface area contributed by atoms with Crippen molar-refractivity contribution in [2.75, 3.05) is 14.2 Å². The molecular formula is C15H19NO3. The Morgan fingerprint density at radius 1 is 1.21 bits per heavy atom. The zero-order valence-electron chi connectivity index (χ0n) is 11.5. The van der Waals surface area contributed by atoms with Gasteiger partial charge in [0.05, 0.1) is 13.2 Å². The van der Waals surface area contributed by atoms with E-state index in [9.17, 15) is 0 Å². The van der Waals surface area contributed by atoms with Gasteiger partial charge in [-0.1, -0.05) is 17.7 Å². The van der Waals surface area contributed by atoms with Crippen LogP contribution in [0, 0.1) is 6.92 Å². The van der Waals surface area contributed by atoms with Crippen LogP contribution in [0.5, 0.6) is 5.75 Å². The molecule has 0 radical (unpaired) electrons. The third kappa shape index (κ3) is 2.97. The van der Waals surface area contributed by atoms with E-state index in [1.54, 1.807) is 14.2 Å². The lowest BCUT2D eigenvalue weighted by Gasteiger charge is -2.14. The molecular weight excluding hydrogens is 242 g/mol. The zero-order chi connectivity index (χ0) is 13.8. The second kappa shape index (κ2) is 5.91. The number of ether oxygens (including phenoxy) is 2. The molecule has 1 atom stereocenters. The Bertz CT molecular complexity index is 548. The number of benzene rings is 1. The summed E-state index contributed by atoms with van der Waals surface area (Å²) in [7, 11) is 3.27. The third-order valence-electron chi connectivity index (χ3n) is 3.00. The van der Waals surface area contributed by atoms with Crippen molar-refractivity contribution in [3.63, 3.8) is 0 Å². The van der Waals surface area contributed by atoms with E-state index in [4.69, 9.17) is 19.6 Å². The lowest BCUT2D eigenvalue weighted by atomic mass is 10.0. The van der Waals surface area contributed by atoms with E-state index >= 15 is 0 Å². The Morgan fingerprint density at radius 2 is 2.00 bits per heavy atom. The molecule has 1 unspecified atom stereocenters. The Hall–Kier alpha value is -1.78. The maximum Gasteiger partial charge on any atom is 0.129 e. The number of hydrogen-bond acceptors (Lipinski definition) is 4. The quantitative estimate of drug-likeness (QED) is 0.899. The lowest BCUT2D eigenvalue weighted by Crippen LogP contribution is -2.12. The summed E-state index contributed by atoms with van der Waals surface area (Å²) in [5.41, 5.74) is 8.31. The van der Waals surface area contributed by atoms with Gasteiger partial charge in [-0.2, -0.15) is 0 Å². The van der Waals surface area contributed by atoms with Gasteiger partial charge >= 0.3 is 0 Å².